The molecule has 27 heavy (non-hydrogen) atoms. The van der Waals surface area contributed by atoms with Crippen molar-refractivity contribution in [3.8, 4) is 0 Å². The van der Waals surface area contributed by atoms with Crippen molar-refractivity contribution in [2.24, 2.45) is 0 Å². The number of thioether (sulfide) groups is 2. The average Bonchev–Trinajstić information content (AvgIpc) is 3.29. The molecule has 0 unspecified atom stereocenters. The molecule has 7 heteroatoms. The van der Waals surface area contributed by atoms with Crippen LogP contribution in [0, 0.1) is 0 Å². The summed E-state index contributed by atoms with van der Waals surface area (Å²) in [7, 11) is 0. The van der Waals surface area contributed by atoms with Crippen molar-refractivity contribution in [3.63, 3.8) is 0 Å². The molecule has 0 N–H and O–H groups in total. The Morgan fingerprint density at radius 3 is 2.78 bits per heavy atom. The molecule has 0 fully saturated rings. The fourth-order valence-electron chi connectivity index (χ4n) is 3.74. The normalized spacial score (nSPS) is 14.1. The molecule has 3 aromatic heterocycles. The predicted molar refractivity (Wildman–Crippen MR) is 115 cm³/mol. The minimum atomic E-state index is 0.954. The molecule has 1 aliphatic rings. The SMILES string of the molecule is CSc1nc2sc3c(c2c2nnc(SCCc4ccccc4)n12)CCCC3. The Bertz CT molecular complexity index is 1100. The van der Waals surface area contributed by atoms with E-state index in [2.05, 4.69) is 51.2 Å². The first-order valence-electron chi connectivity index (χ1n) is 9.25. The van der Waals surface area contributed by atoms with Gasteiger partial charge in [-0.15, -0.1) is 21.5 Å². The van der Waals surface area contributed by atoms with Gasteiger partial charge in [-0.1, -0.05) is 53.9 Å². The van der Waals surface area contributed by atoms with Crippen LogP contribution >= 0.6 is 34.9 Å². The number of thiophene rings is 1. The average molecular weight is 413 g/mol. The Morgan fingerprint density at radius 2 is 1.93 bits per heavy atom. The van der Waals surface area contributed by atoms with Gasteiger partial charge in [0.1, 0.15) is 4.83 Å². The molecule has 5 rings (SSSR count). The number of aromatic nitrogens is 4. The summed E-state index contributed by atoms with van der Waals surface area (Å²) in [5.41, 5.74) is 3.82. The molecule has 0 saturated carbocycles. The van der Waals surface area contributed by atoms with E-state index in [0.717, 1.165) is 39.4 Å². The molecule has 3 heterocycles. The summed E-state index contributed by atoms with van der Waals surface area (Å²) in [6.45, 7) is 0. The second-order valence-corrected chi connectivity index (χ2v) is 9.63. The van der Waals surface area contributed by atoms with E-state index < -0.39 is 0 Å². The molecule has 0 radical (unpaired) electrons. The molecular weight excluding hydrogens is 392 g/mol. The lowest BCUT2D eigenvalue weighted by Crippen LogP contribution is -2.01. The molecule has 0 aliphatic heterocycles. The van der Waals surface area contributed by atoms with E-state index in [4.69, 9.17) is 4.98 Å². The first-order chi connectivity index (χ1) is 13.3. The summed E-state index contributed by atoms with van der Waals surface area (Å²) in [5.74, 6) is 0.985. The monoisotopic (exact) mass is 412 g/mol. The molecule has 4 nitrogen and oxygen atoms in total. The molecule has 138 valence electrons. The van der Waals surface area contributed by atoms with E-state index in [0.29, 0.717) is 0 Å². The van der Waals surface area contributed by atoms with Crippen molar-refractivity contribution in [2.75, 3.05) is 12.0 Å². The van der Waals surface area contributed by atoms with Gasteiger partial charge in [-0.2, -0.15) is 0 Å². The fourth-order valence-corrected chi connectivity index (χ4v) is 6.57. The second kappa shape index (κ2) is 7.45. The zero-order valence-corrected chi connectivity index (χ0v) is 17.6. The van der Waals surface area contributed by atoms with Gasteiger partial charge in [-0.25, -0.2) is 9.38 Å². The lowest BCUT2D eigenvalue weighted by Gasteiger charge is -2.10. The summed E-state index contributed by atoms with van der Waals surface area (Å²) in [4.78, 5) is 7.61. The molecule has 0 atom stereocenters. The number of rotatable bonds is 5. The summed E-state index contributed by atoms with van der Waals surface area (Å²) < 4.78 is 2.17. The topological polar surface area (TPSA) is 43.1 Å². The van der Waals surface area contributed by atoms with Gasteiger partial charge in [-0.05, 0) is 49.5 Å². The Hall–Kier alpha value is -1.57. The minimum absolute atomic E-state index is 0.954. The van der Waals surface area contributed by atoms with Crippen LogP contribution in [0.15, 0.2) is 40.6 Å². The van der Waals surface area contributed by atoms with Gasteiger partial charge in [0, 0.05) is 10.6 Å². The first-order valence-corrected chi connectivity index (χ1v) is 12.3. The van der Waals surface area contributed by atoms with E-state index in [9.17, 15) is 0 Å². The molecule has 0 amide bonds. The van der Waals surface area contributed by atoms with Crippen molar-refractivity contribution in [1.82, 2.24) is 19.6 Å². The Balaban J connectivity index is 1.54. The lowest BCUT2D eigenvalue weighted by molar-refractivity contribution is 0.700. The lowest BCUT2D eigenvalue weighted by atomic mass is 9.97. The Kier molecular flexibility index (Phi) is 4.83. The van der Waals surface area contributed by atoms with E-state index >= 15 is 0 Å². The van der Waals surface area contributed by atoms with Crippen LogP contribution in [0.4, 0.5) is 0 Å². The number of fused-ring (bicyclic) bond motifs is 5. The molecule has 0 saturated heterocycles. The molecule has 0 spiro atoms. The van der Waals surface area contributed by atoms with E-state index in [1.807, 2.05) is 11.3 Å². The second-order valence-electron chi connectivity index (χ2n) is 6.72. The van der Waals surface area contributed by atoms with Gasteiger partial charge in [0.25, 0.3) is 0 Å². The maximum absolute atomic E-state index is 4.98. The van der Waals surface area contributed by atoms with Gasteiger partial charge in [-0.3, -0.25) is 0 Å². The molecule has 4 aromatic rings. The highest BCUT2D eigenvalue weighted by molar-refractivity contribution is 7.99. The van der Waals surface area contributed by atoms with E-state index in [1.54, 1.807) is 23.5 Å². The standard InChI is InChI=1S/C20H20N4S3/c1-25-19-21-18-16(14-9-5-6-10-15(14)27-18)17-22-23-20(24(17)19)26-12-11-13-7-3-2-4-8-13/h2-4,7-8H,5-6,9-12H2,1H3. The summed E-state index contributed by atoms with van der Waals surface area (Å²) in [5, 5.41) is 12.3. The summed E-state index contributed by atoms with van der Waals surface area (Å²) in [6.07, 6.45) is 8.00. The van der Waals surface area contributed by atoms with Crippen molar-refractivity contribution in [2.45, 2.75) is 42.4 Å². The molecule has 1 aliphatic carbocycles. The third-order valence-electron chi connectivity index (χ3n) is 5.05. The van der Waals surface area contributed by atoms with E-state index in [-0.39, 0.29) is 0 Å². The van der Waals surface area contributed by atoms with Crippen LogP contribution in [-0.4, -0.2) is 31.6 Å². The van der Waals surface area contributed by atoms with E-state index in [1.165, 1.54) is 40.7 Å². The summed E-state index contributed by atoms with van der Waals surface area (Å²) >= 11 is 5.30. The third-order valence-corrected chi connectivity index (χ3v) is 7.80. The van der Waals surface area contributed by atoms with Crippen molar-refractivity contribution >= 4 is 50.7 Å². The maximum Gasteiger partial charge on any atom is 0.197 e. The fraction of sp³-hybridized carbons (Fsp3) is 0.350. The summed E-state index contributed by atoms with van der Waals surface area (Å²) in [6, 6.07) is 10.6. The highest BCUT2D eigenvalue weighted by Crippen LogP contribution is 2.39. The third kappa shape index (κ3) is 3.15. The van der Waals surface area contributed by atoms with Crippen LogP contribution in [0.2, 0.25) is 0 Å². The minimum Gasteiger partial charge on any atom is -0.248 e. The molecule has 1 aromatic carbocycles. The first kappa shape index (κ1) is 17.5. The van der Waals surface area contributed by atoms with Crippen molar-refractivity contribution < 1.29 is 0 Å². The largest absolute Gasteiger partial charge is 0.248 e. The van der Waals surface area contributed by atoms with Gasteiger partial charge in [0.2, 0.25) is 0 Å². The number of benzene rings is 1. The number of nitrogens with zero attached hydrogens (tertiary/aromatic N) is 4. The van der Waals surface area contributed by atoms with Gasteiger partial charge >= 0.3 is 0 Å². The zero-order valence-electron chi connectivity index (χ0n) is 15.1. The van der Waals surface area contributed by atoms with Crippen LogP contribution in [-0.2, 0) is 19.3 Å². The van der Waals surface area contributed by atoms with Crippen molar-refractivity contribution in [3.05, 3.63) is 46.3 Å². The number of hydrogen-bond acceptors (Lipinski definition) is 6. The van der Waals surface area contributed by atoms with Crippen LogP contribution in [0.5, 0.6) is 0 Å². The highest BCUT2D eigenvalue weighted by Gasteiger charge is 2.23. The zero-order chi connectivity index (χ0) is 18.2. The van der Waals surface area contributed by atoms with Gasteiger partial charge in [0.05, 0.1) is 5.39 Å². The Labute approximate surface area is 170 Å². The quantitative estimate of drug-likeness (QED) is 0.330. The van der Waals surface area contributed by atoms with Crippen LogP contribution in [0.25, 0.3) is 15.9 Å². The number of hydrogen-bond donors (Lipinski definition) is 0. The van der Waals surface area contributed by atoms with Crippen LogP contribution in [0.1, 0.15) is 28.8 Å². The predicted octanol–water partition coefficient (Wildman–Crippen LogP) is 5.27. The Morgan fingerprint density at radius 1 is 1.07 bits per heavy atom. The molecular formula is C20H20N4S3. The maximum atomic E-state index is 4.98. The smallest absolute Gasteiger partial charge is 0.197 e. The van der Waals surface area contributed by atoms with Crippen molar-refractivity contribution in [1.29, 1.82) is 0 Å². The highest BCUT2D eigenvalue weighted by atomic mass is 32.2. The van der Waals surface area contributed by atoms with Gasteiger partial charge in [0.15, 0.2) is 16.0 Å². The number of aryl methyl sites for hydroxylation is 3. The van der Waals surface area contributed by atoms with Gasteiger partial charge < -0.3 is 0 Å². The van der Waals surface area contributed by atoms with Crippen LogP contribution < -0.4 is 0 Å². The van der Waals surface area contributed by atoms with Crippen LogP contribution in [0.3, 0.4) is 0 Å². The molecule has 0 bridgehead atoms.